The van der Waals surface area contributed by atoms with Crippen molar-refractivity contribution in [2.24, 2.45) is 13.0 Å². The minimum absolute atomic E-state index is 0.444. The molecule has 1 rings (SSSR count). The van der Waals surface area contributed by atoms with Crippen molar-refractivity contribution in [1.82, 2.24) is 9.78 Å². The highest BCUT2D eigenvalue weighted by molar-refractivity contribution is 7.80. The van der Waals surface area contributed by atoms with Crippen LogP contribution in [0.5, 0.6) is 0 Å². The first-order chi connectivity index (χ1) is 6.91. The van der Waals surface area contributed by atoms with E-state index in [1.54, 1.807) is 11.7 Å². The van der Waals surface area contributed by atoms with Crippen LogP contribution in [0.3, 0.4) is 0 Å². The number of hydrogen-bond donors (Lipinski definition) is 1. The Morgan fingerprint density at radius 1 is 1.60 bits per heavy atom. The lowest BCUT2D eigenvalue weighted by Crippen LogP contribution is -2.06. The molecule has 15 heavy (non-hydrogen) atoms. The Morgan fingerprint density at radius 3 is 2.67 bits per heavy atom. The molecule has 1 N–H and O–H groups in total. The van der Waals surface area contributed by atoms with Gasteiger partial charge in [0.1, 0.15) is 0 Å². The summed E-state index contributed by atoms with van der Waals surface area (Å²) in [4.78, 5) is 0. The third kappa shape index (κ3) is 3.04. The largest absolute Gasteiger partial charge is 0.755 e. The molecule has 1 heterocycles. The Hall–Kier alpha value is -0.880. The molecule has 1 atom stereocenters. The van der Waals surface area contributed by atoms with Gasteiger partial charge in [0.25, 0.3) is 0 Å². The van der Waals surface area contributed by atoms with E-state index < -0.39 is 11.3 Å². The molecule has 1 aromatic heterocycles. The molecule has 0 aliphatic carbocycles. The summed E-state index contributed by atoms with van der Waals surface area (Å²) in [5.74, 6) is 0.444. The van der Waals surface area contributed by atoms with E-state index in [1.165, 1.54) is 0 Å². The van der Waals surface area contributed by atoms with Crippen LogP contribution in [0.2, 0.25) is 0 Å². The number of anilines is 1. The minimum atomic E-state index is -2.29. The van der Waals surface area contributed by atoms with Crippen LogP contribution in [0.25, 0.3) is 0 Å². The van der Waals surface area contributed by atoms with Crippen molar-refractivity contribution < 1.29 is 8.76 Å². The van der Waals surface area contributed by atoms with Gasteiger partial charge in [0, 0.05) is 18.3 Å². The summed E-state index contributed by atoms with van der Waals surface area (Å²) in [6.07, 6.45) is 0.765. The van der Waals surface area contributed by atoms with E-state index in [9.17, 15) is 8.76 Å². The summed E-state index contributed by atoms with van der Waals surface area (Å²) in [7, 11) is 1.80. The van der Waals surface area contributed by atoms with E-state index in [2.05, 4.69) is 23.7 Å². The van der Waals surface area contributed by atoms with Crippen molar-refractivity contribution in [3.05, 3.63) is 11.4 Å². The molecule has 0 saturated heterocycles. The molecule has 1 aromatic rings. The van der Waals surface area contributed by atoms with Gasteiger partial charge >= 0.3 is 0 Å². The normalized spacial score (nSPS) is 13.2. The Bertz CT molecular complexity index is 374. The van der Waals surface area contributed by atoms with Crippen molar-refractivity contribution >= 4 is 17.0 Å². The molecule has 0 aromatic carbocycles. The SMILES string of the molecule is Cc1c(NS(=O)[O-])c(CC(C)C)nn1C. The van der Waals surface area contributed by atoms with Crippen molar-refractivity contribution in [1.29, 1.82) is 0 Å². The second-order valence-corrected chi connectivity index (χ2v) is 4.64. The zero-order valence-corrected chi connectivity index (χ0v) is 10.2. The fourth-order valence-corrected chi connectivity index (χ4v) is 1.85. The third-order valence-electron chi connectivity index (χ3n) is 2.19. The number of rotatable bonds is 4. The third-order valence-corrected chi connectivity index (χ3v) is 2.56. The molecule has 0 bridgehead atoms. The topological polar surface area (TPSA) is 70.0 Å². The average Bonchev–Trinajstić information content (AvgIpc) is 2.31. The zero-order valence-electron chi connectivity index (χ0n) is 9.40. The van der Waals surface area contributed by atoms with Gasteiger partial charge in [0.05, 0.1) is 17.1 Å². The van der Waals surface area contributed by atoms with Crippen molar-refractivity contribution in [3.8, 4) is 0 Å². The van der Waals surface area contributed by atoms with Gasteiger partial charge in [-0.05, 0) is 19.3 Å². The quantitative estimate of drug-likeness (QED) is 0.788. The van der Waals surface area contributed by atoms with Crippen molar-refractivity contribution in [2.75, 3.05) is 4.72 Å². The maximum Gasteiger partial charge on any atom is 0.0898 e. The van der Waals surface area contributed by atoms with Crippen LogP contribution >= 0.6 is 0 Å². The average molecular weight is 230 g/mol. The summed E-state index contributed by atoms with van der Waals surface area (Å²) in [5.41, 5.74) is 2.24. The van der Waals surface area contributed by atoms with E-state index >= 15 is 0 Å². The highest BCUT2D eigenvalue weighted by Gasteiger charge is 2.13. The molecular weight excluding hydrogens is 214 g/mol. The molecule has 0 amide bonds. The molecule has 0 aliphatic heterocycles. The molecular formula is C9H16N3O2S-. The van der Waals surface area contributed by atoms with E-state index in [-0.39, 0.29) is 0 Å². The predicted octanol–water partition coefficient (Wildman–Crippen LogP) is 1.13. The van der Waals surface area contributed by atoms with Crippen LogP contribution in [-0.2, 0) is 24.7 Å². The van der Waals surface area contributed by atoms with Gasteiger partial charge in [-0.1, -0.05) is 13.8 Å². The molecule has 0 spiro atoms. The summed E-state index contributed by atoms with van der Waals surface area (Å²) in [5, 5.41) is 4.28. The highest BCUT2D eigenvalue weighted by Crippen LogP contribution is 2.22. The molecule has 86 valence electrons. The molecule has 0 radical (unpaired) electrons. The number of aryl methyl sites for hydroxylation is 1. The predicted molar refractivity (Wildman–Crippen MR) is 59.0 cm³/mol. The van der Waals surface area contributed by atoms with Gasteiger partial charge in [0.2, 0.25) is 0 Å². The summed E-state index contributed by atoms with van der Waals surface area (Å²) in [6, 6.07) is 0. The van der Waals surface area contributed by atoms with Crippen LogP contribution in [0, 0.1) is 12.8 Å². The molecule has 6 heteroatoms. The smallest absolute Gasteiger partial charge is 0.0898 e. The van der Waals surface area contributed by atoms with Gasteiger partial charge in [-0.25, -0.2) is 0 Å². The monoisotopic (exact) mass is 230 g/mol. The second-order valence-electron chi connectivity index (χ2n) is 3.97. The van der Waals surface area contributed by atoms with Crippen LogP contribution < -0.4 is 4.72 Å². The Morgan fingerprint density at radius 2 is 2.20 bits per heavy atom. The van der Waals surface area contributed by atoms with Crippen LogP contribution in [0.1, 0.15) is 25.2 Å². The van der Waals surface area contributed by atoms with Crippen molar-refractivity contribution in [2.45, 2.75) is 27.2 Å². The summed E-state index contributed by atoms with van der Waals surface area (Å²) >= 11 is -2.29. The van der Waals surface area contributed by atoms with Gasteiger partial charge in [0.15, 0.2) is 0 Å². The standard InChI is InChI=1S/C9H17N3O2S/c1-6(2)5-8-9(11-15(13)14)7(3)12(4)10-8/h6,11H,5H2,1-4H3,(H,13,14)/p-1. The lowest BCUT2D eigenvalue weighted by molar-refractivity contribution is 0.542. The minimum Gasteiger partial charge on any atom is -0.755 e. The number of aromatic nitrogens is 2. The fourth-order valence-electron chi connectivity index (χ4n) is 1.42. The zero-order chi connectivity index (χ0) is 11.6. The maximum atomic E-state index is 10.6. The fraction of sp³-hybridized carbons (Fsp3) is 0.667. The van der Waals surface area contributed by atoms with Crippen LogP contribution in [-0.4, -0.2) is 18.5 Å². The lowest BCUT2D eigenvalue weighted by atomic mass is 10.1. The maximum absolute atomic E-state index is 10.6. The van der Waals surface area contributed by atoms with Crippen LogP contribution in [0.15, 0.2) is 0 Å². The van der Waals surface area contributed by atoms with E-state index in [0.29, 0.717) is 11.6 Å². The van der Waals surface area contributed by atoms with Crippen molar-refractivity contribution in [3.63, 3.8) is 0 Å². The summed E-state index contributed by atoms with van der Waals surface area (Å²) < 4.78 is 25.3. The van der Waals surface area contributed by atoms with Gasteiger partial charge in [-0.2, -0.15) is 5.10 Å². The second kappa shape index (κ2) is 4.76. The Balaban J connectivity index is 3.03. The first kappa shape index (κ1) is 12.2. The first-order valence-electron chi connectivity index (χ1n) is 4.80. The molecule has 0 fully saturated rings. The molecule has 1 unspecified atom stereocenters. The van der Waals surface area contributed by atoms with E-state index in [4.69, 9.17) is 0 Å². The lowest BCUT2D eigenvalue weighted by Gasteiger charge is -2.10. The molecule has 5 nitrogen and oxygen atoms in total. The van der Waals surface area contributed by atoms with Gasteiger partial charge in [-0.15, -0.1) is 0 Å². The van der Waals surface area contributed by atoms with E-state index in [0.717, 1.165) is 17.8 Å². The molecule has 0 saturated carbocycles. The summed E-state index contributed by atoms with van der Waals surface area (Å²) in [6.45, 7) is 5.98. The number of hydrogen-bond acceptors (Lipinski definition) is 3. The number of nitrogens with zero attached hydrogens (tertiary/aromatic N) is 2. The van der Waals surface area contributed by atoms with E-state index in [1.807, 2.05) is 6.92 Å². The van der Waals surface area contributed by atoms with Gasteiger partial charge < -0.3 is 9.27 Å². The highest BCUT2D eigenvalue weighted by atomic mass is 32.2. The Kier molecular flexibility index (Phi) is 3.87. The first-order valence-corrected chi connectivity index (χ1v) is 5.87. The van der Waals surface area contributed by atoms with Gasteiger partial charge in [-0.3, -0.25) is 8.89 Å². The van der Waals surface area contributed by atoms with Crippen LogP contribution in [0.4, 0.5) is 5.69 Å². The Labute approximate surface area is 92.3 Å². The molecule has 0 aliphatic rings. The number of nitrogens with one attached hydrogen (secondary N) is 1.